The first-order valence-corrected chi connectivity index (χ1v) is 4.40. The summed E-state index contributed by atoms with van der Waals surface area (Å²) >= 11 is 0. The van der Waals surface area contributed by atoms with Gasteiger partial charge in [-0.15, -0.1) is 0 Å². The highest BCUT2D eigenvalue weighted by Gasteiger charge is 1.74. The highest BCUT2D eigenvalue weighted by atomic mass is 14.7. The molecule has 11 heavy (non-hydrogen) atoms. The molecule has 0 amide bonds. The molecule has 0 saturated heterocycles. The van der Waals surface area contributed by atoms with E-state index in [2.05, 4.69) is 30.4 Å². The Kier molecular flexibility index (Phi) is 8.58. The van der Waals surface area contributed by atoms with Crippen molar-refractivity contribution in [3.05, 3.63) is 11.8 Å². The highest BCUT2D eigenvalue weighted by molar-refractivity contribution is 5.50. The molecular formula is C10H17N. The summed E-state index contributed by atoms with van der Waals surface area (Å²) in [4.78, 5) is 4.04. The highest BCUT2D eigenvalue weighted by Crippen LogP contribution is 1.85. The Balaban J connectivity index is 3.45. The number of hydrogen-bond donors (Lipinski definition) is 0. The minimum absolute atomic E-state index is 0.892. The van der Waals surface area contributed by atoms with Gasteiger partial charge in [0, 0.05) is 12.4 Å². The molecule has 0 aromatic heterocycles. The van der Waals surface area contributed by atoms with Crippen molar-refractivity contribution in [1.82, 2.24) is 0 Å². The van der Waals surface area contributed by atoms with E-state index < -0.39 is 0 Å². The summed E-state index contributed by atoms with van der Waals surface area (Å²) in [5.41, 5.74) is 2.90. The van der Waals surface area contributed by atoms with Crippen LogP contribution in [0.5, 0.6) is 0 Å². The number of rotatable bonds is 5. The van der Waals surface area contributed by atoms with Gasteiger partial charge in [0.1, 0.15) is 0 Å². The second-order valence-corrected chi connectivity index (χ2v) is 2.48. The SMILES string of the molecule is CCCC=C=C=NCCCC. The van der Waals surface area contributed by atoms with Gasteiger partial charge in [0.25, 0.3) is 0 Å². The largest absolute Gasteiger partial charge is 0.235 e. The van der Waals surface area contributed by atoms with Crippen molar-refractivity contribution >= 4 is 5.87 Å². The summed E-state index contributed by atoms with van der Waals surface area (Å²) in [6.07, 6.45) is 6.59. The molecule has 0 aliphatic heterocycles. The molecule has 0 N–H and O–H groups in total. The van der Waals surface area contributed by atoms with Crippen molar-refractivity contribution < 1.29 is 0 Å². The Morgan fingerprint density at radius 3 is 2.73 bits per heavy atom. The Morgan fingerprint density at radius 2 is 2.09 bits per heavy atom. The fourth-order valence-electron chi connectivity index (χ4n) is 0.601. The monoisotopic (exact) mass is 151 g/mol. The lowest BCUT2D eigenvalue weighted by atomic mass is 10.3. The zero-order valence-electron chi connectivity index (χ0n) is 7.56. The van der Waals surface area contributed by atoms with Crippen molar-refractivity contribution in [2.75, 3.05) is 6.54 Å². The summed E-state index contributed by atoms with van der Waals surface area (Å²) in [5, 5.41) is 0. The van der Waals surface area contributed by atoms with E-state index in [9.17, 15) is 0 Å². The molecule has 0 heterocycles. The summed E-state index contributed by atoms with van der Waals surface area (Å²) in [7, 11) is 0. The number of hydrogen-bond acceptors (Lipinski definition) is 1. The third kappa shape index (κ3) is 9.23. The van der Waals surface area contributed by atoms with Gasteiger partial charge in [-0.05, 0) is 18.9 Å². The van der Waals surface area contributed by atoms with Gasteiger partial charge in [-0.3, -0.25) is 0 Å². The quantitative estimate of drug-likeness (QED) is 0.325. The third-order valence-corrected chi connectivity index (χ3v) is 1.30. The molecule has 0 saturated carbocycles. The smallest absolute Gasteiger partial charge is 0.0490 e. The van der Waals surface area contributed by atoms with Crippen molar-refractivity contribution in [2.24, 2.45) is 4.99 Å². The second-order valence-electron chi connectivity index (χ2n) is 2.48. The first kappa shape index (κ1) is 10.2. The minimum Gasteiger partial charge on any atom is -0.235 e. The van der Waals surface area contributed by atoms with E-state index in [1.165, 1.54) is 12.8 Å². The molecule has 0 aliphatic carbocycles. The van der Waals surface area contributed by atoms with Crippen LogP contribution in [0.1, 0.15) is 39.5 Å². The lowest BCUT2D eigenvalue weighted by Gasteiger charge is -1.82. The maximum absolute atomic E-state index is 4.04. The van der Waals surface area contributed by atoms with Gasteiger partial charge in [0.05, 0.1) is 0 Å². The fraction of sp³-hybridized carbons (Fsp3) is 0.700. The van der Waals surface area contributed by atoms with Crippen LogP contribution < -0.4 is 0 Å². The van der Waals surface area contributed by atoms with E-state index in [1.54, 1.807) is 0 Å². The molecule has 0 bridgehead atoms. The lowest BCUT2D eigenvalue weighted by Crippen LogP contribution is -1.74. The Bertz CT molecular complexity index is 158. The lowest BCUT2D eigenvalue weighted by molar-refractivity contribution is 0.811. The fourth-order valence-corrected chi connectivity index (χ4v) is 0.601. The summed E-state index contributed by atoms with van der Waals surface area (Å²) in [6, 6.07) is 0. The predicted molar refractivity (Wildman–Crippen MR) is 50.2 cm³/mol. The molecule has 1 nitrogen and oxygen atoms in total. The maximum atomic E-state index is 4.04. The van der Waals surface area contributed by atoms with Crippen LogP contribution in [0, 0.1) is 0 Å². The molecule has 0 atom stereocenters. The van der Waals surface area contributed by atoms with Crippen LogP contribution in [0.15, 0.2) is 16.8 Å². The number of aliphatic imine (C=N–C) groups is 1. The number of allylic oxidation sites excluding steroid dienone is 1. The Morgan fingerprint density at radius 1 is 1.27 bits per heavy atom. The average molecular weight is 151 g/mol. The standard InChI is InChI=1S/C10H17N/c1-3-5-7-8-10-11-9-6-4-2/h7H,3-6,9H2,1-2H3. The summed E-state index contributed by atoms with van der Waals surface area (Å²) in [6.45, 7) is 5.20. The minimum atomic E-state index is 0.892. The summed E-state index contributed by atoms with van der Waals surface area (Å²) in [5.74, 6) is 2.77. The van der Waals surface area contributed by atoms with Crippen molar-refractivity contribution in [3.8, 4) is 0 Å². The molecule has 0 aromatic rings. The first-order chi connectivity index (χ1) is 5.41. The van der Waals surface area contributed by atoms with E-state index in [0.717, 1.165) is 19.4 Å². The normalized spacial score (nSPS) is 8.18. The molecule has 62 valence electrons. The zero-order chi connectivity index (χ0) is 8.36. The van der Waals surface area contributed by atoms with E-state index >= 15 is 0 Å². The van der Waals surface area contributed by atoms with Crippen LogP contribution in [0.3, 0.4) is 0 Å². The molecular weight excluding hydrogens is 134 g/mol. The molecule has 0 radical (unpaired) electrons. The van der Waals surface area contributed by atoms with Gasteiger partial charge < -0.3 is 0 Å². The predicted octanol–water partition coefficient (Wildman–Crippen LogP) is 2.97. The van der Waals surface area contributed by atoms with E-state index in [4.69, 9.17) is 0 Å². The van der Waals surface area contributed by atoms with Gasteiger partial charge >= 0.3 is 0 Å². The zero-order valence-corrected chi connectivity index (χ0v) is 7.56. The summed E-state index contributed by atoms with van der Waals surface area (Å²) < 4.78 is 0. The van der Waals surface area contributed by atoms with Crippen molar-refractivity contribution in [3.63, 3.8) is 0 Å². The Hall–Kier alpha value is -0.770. The van der Waals surface area contributed by atoms with Crippen LogP contribution in [0.25, 0.3) is 0 Å². The molecule has 0 aliphatic rings. The van der Waals surface area contributed by atoms with Gasteiger partial charge in [-0.1, -0.05) is 32.4 Å². The van der Waals surface area contributed by atoms with Crippen LogP contribution >= 0.6 is 0 Å². The van der Waals surface area contributed by atoms with Gasteiger partial charge in [-0.25, -0.2) is 4.99 Å². The maximum Gasteiger partial charge on any atom is 0.0490 e. The van der Waals surface area contributed by atoms with E-state index in [1.807, 2.05) is 6.08 Å². The van der Waals surface area contributed by atoms with Crippen molar-refractivity contribution in [1.29, 1.82) is 0 Å². The van der Waals surface area contributed by atoms with Gasteiger partial charge in [0.15, 0.2) is 0 Å². The van der Waals surface area contributed by atoms with E-state index in [-0.39, 0.29) is 0 Å². The van der Waals surface area contributed by atoms with Gasteiger partial charge in [-0.2, -0.15) is 0 Å². The molecule has 0 rings (SSSR count). The second kappa shape index (κ2) is 9.23. The molecule has 0 spiro atoms. The molecule has 1 heteroatoms. The Labute approximate surface area is 69.5 Å². The molecule has 0 aromatic carbocycles. The topological polar surface area (TPSA) is 12.4 Å². The van der Waals surface area contributed by atoms with E-state index in [0.29, 0.717) is 0 Å². The average Bonchev–Trinajstić information content (AvgIpc) is 2.03. The van der Waals surface area contributed by atoms with Gasteiger partial charge in [0.2, 0.25) is 0 Å². The van der Waals surface area contributed by atoms with Crippen LogP contribution in [-0.4, -0.2) is 12.4 Å². The third-order valence-electron chi connectivity index (χ3n) is 1.30. The van der Waals surface area contributed by atoms with Crippen LogP contribution in [0.4, 0.5) is 0 Å². The molecule has 0 unspecified atom stereocenters. The van der Waals surface area contributed by atoms with Crippen LogP contribution in [0.2, 0.25) is 0 Å². The number of unbranched alkanes of at least 4 members (excludes halogenated alkanes) is 2. The van der Waals surface area contributed by atoms with Crippen LogP contribution in [-0.2, 0) is 0 Å². The molecule has 0 fully saturated rings. The van der Waals surface area contributed by atoms with Crippen molar-refractivity contribution in [2.45, 2.75) is 39.5 Å². The first-order valence-electron chi connectivity index (χ1n) is 4.40. The number of nitrogens with zero attached hydrogens (tertiary/aromatic N) is 1.